The molecule has 0 bridgehead atoms. The Morgan fingerprint density at radius 3 is 2.37 bits per heavy atom. The van der Waals surface area contributed by atoms with Gasteiger partial charge in [0, 0.05) is 33.9 Å². The van der Waals surface area contributed by atoms with Crippen LogP contribution in [0.15, 0.2) is 53.4 Å². The lowest BCUT2D eigenvalue weighted by molar-refractivity contribution is -0.140. The standard InChI is InChI=1S/C23H28Cl2N2O2S/c1-16(2)26-23(29)17(3)27(15-18-6-4-7-20(25)14-18)22(28)8-5-13-30-21-11-9-19(24)10-12-21/h4,6-7,9-12,14,16-17H,5,8,13,15H2,1-3H3,(H,26,29). The summed E-state index contributed by atoms with van der Waals surface area (Å²) in [6.45, 7) is 5.92. The van der Waals surface area contributed by atoms with Gasteiger partial charge in [0.15, 0.2) is 0 Å². The van der Waals surface area contributed by atoms with Gasteiger partial charge in [0.25, 0.3) is 0 Å². The molecule has 0 fully saturated rings. The maximum Gasteiger partial charge on any atom is 0.242 e. The quantitative estimate of drug-likeness (QED) is 0.355. The van der Waals surface area contributed by atoms with Crippen LogP contribution in [0.3, 0.4) is 0 Å². The Morgan fingerprint density at radius 2 is 1.73 bits per heavy atom. The van der Waals surface area contributed by atoms with Crippen LogP contribution in [0, 0.1) is 0 Å². The smallest absolute Gasteiger partial charge is 0.242 e. The number of nitrogens with zero attached hydrogens (tertiary/aromatic N) is 1. The summed E-state index contributed by atoms with van der Waals surface area (Å²) < 4.78 is 0. The molecule has 2 aromatic carbocycles. The summed E-state index contributed by atoms with van der Waals surface area (Å²) in [7, 11) is 0. The van der Waals surface area contributed by atoms with E-state index in [-0.39, 0.29) is 17.9 Å². The third-order valence-electron chi connectivity index (χ3n) is 4.46. The van der Waals surface area contributed by atoms with Crippen molar-refractivity contribution in [1.29, 1.82) is 0 Å². The van der Waals surface area contributed by atoms with Crippen LogP contribution in [0.5, 0.6) is 0 Å². The van der Waals surface area contributed by atoms with Gasteiger partial charge in [-0.05, 0) is 74.9 Å². The average Bonchev–Trinajstić information content (AvgIpc) is 2.69. The topological polar surface area (TPSA) is 49.4 Å². The van der Waals surface area contributed by atoms with E-state index in [2.05, 4.69) is 5.32 Å². The molecule has 162 valence electrons. The summed E-state index contributed by atoms with van der Waals surface area (Å²) in [4.78, 5) is 28.3. The Hall–Kier alpha value is -1.69. The zero-order chi connectivity index (χ0) is 22.1. The normalized spacial score (nSPS) is 11.9. The van der Waals surface area contributed by atoms with E-state index in [0.29, 0.717) is 23.0 Å². The summed E-state index contributed by atoms with van der Waals surface area (Å²) in [6, 6.07) is 14.5. The van der Waals surface area contributed by atoms with Gasteiger partial charge in [-0.3, -0.25) is 9.59 Å². The molecule has 0 aliphatic rings. The van der Waals surface area contributed by atoms with Crippen LogP contribution in [0.25, 0.3) is 0 Å². The Kier molecular flexibility index (Phi) is 10.0. The Labute approximate surface area is 193 Å². The number of benzene rings is 2. The number of nitrogens with one attached hydrogen (secondary N) is 1. The second kappa shape index (κ2) is 12.2. The Bertz CT molecular complexity index is 843. The number of carbonyl (C=O) groups excluding carboxylic acids is 2. The van der Waals surface area contributed by atoms with Crippen molar-refractivity contribution in [1.82, 2.24) is 10.2 Å². The highest BCUT2D eigenvalue weighted by Gasteiger charge is 2.26. The van der Waals surface area contributed by atoms with E-state index in [0.717, 1.165) is 22.6 Å². The SMILES string of the molecule is CC(C)NC(=O)C(C)N(Cc1cccc(Cl)c1)C(=O)CCCSc1ccc(Cl)cc1. The van der Waals surface area contributed by atoms with E-state index in [1.54, 1.807) is 29.7 Å². The zero-order valence-corrected chi connectivity index (χ0v) is 19.9. The van der Waals surface area contributed by atoms with Gasteiger partial charge >= 0.3 is 0 Å². The lowest BCUT2D eigenvalue weighted by Crippen LogP contribution is -2.49. The molecule has 0 saturated heterocycles. The summed E-state index contributed by atoms with van der Waals surface area (Å²) >= 11 is 13.7. The number of hydrogen-bond acceptors (Lipinski definition) is 3. The van der Waals surface area contributed by atoms with Crippen molar-refractivity contribution in [2.45, 2.75) is 57.1 Å². The van der Waals surface area contributed by atoms with Gasteiger partial charge in [-0.2, -0.15) is 0 Å². The molecule has 0 aliphatic heterocycles. The summed E-state index contributed by atoms with van der Waals surface area (Å²) in [5.74, 6) is 0.610. The fraction of sp³-hybridized carbons (Fsp3) is 0.391. The van der Waals surface area contributed by atoms with Gasteiger partial charge in [-0.25, -0.2) is 0 Å². The largest absolute Gasteiger partial charge is 0.352 e. The summed E-state index contributed by atoms with van der Waals surface area (Å²) in [6.07, 6.45) is 1.09. The van der Waals surface area contributed by atoms with E-state index < -0.39 is 6.04 Å². The first kappa shape index (κ1) is 24.6. The second-order valence-electron chi connectivity index (χ2n) is 7.40. The van der Waals surface area contributed by atoms with Gasteiger partial charge in [0.05, 0.1) is 0 Å². The van der Waals surface area contributed by atoms with Gasteiger partial charge in [-0.15, -0.1) is 11.8 Å². The maximum atomic E-state index is 13.0. The van der Waals surface area contributed by atoms with Crippen LogP contribution in [0.4, 0.5) is 0 Å². The van der Waals surface area contributed by atoms with Gasteiger partial charge in [-0.1, -0.05) is 35.3 Å². The molecule has 1 unspecified atom stereocenters. The number of halogens is 2. The molecule has 0 saturated carbocycles. The van der Waals surface area contributed by atoms with Crippen molar-refractivity contribution in [2.75, 3.05) is 5.75 Å². The average molecular weight is 467 g/mol. The number of carbonyl (C=O) groups is 2. The van der Waals surface area contributed by atoms with E-state index in [4.69, 9.17) is 23.2 Å². The van der Waals surface area contributed by atoms with Crippen LogP contribution >= 0.6 is 35.0 Å². The molecule has 2 rings (SSSR count). The number of amides is 2. The predicted octanol–water partition coefficient (Wildman–Crippen LogP) is 5.81. The predicted molar refractivity (Wildman–Crippen MR) is 126 cm³/mol. The van der Waals surface area contributed by atoms with Gasteiger partial charge in [0.2, 0.25) is 11.8 Å². The number of thioether (sulfide) groups is 1. The van der Waals surface area contributed by atoms with Crippen LogP contribution in [-0.2, 0) is 16.1 Å². The highest BCUT2D eigenvalue weighted by molar-refractivity contribution is 7.99. The fourth-order valence-electron chi connectivity index (χ4n) is 2.91. The van der Waals surface area contributed by atoms with Crippen LogP contribution in [0.1, 0.15) is 39.2 Å². The third-order valence-corrected chi connectivity index (χ3v) is 6.04. The summed E-state index contributed by atoms with van der Waals surface area (Å²) in [5, 5.41) is 4.21. The van der Waals surface area contributed by atoms with Gasteiger partial charge in [0.1, 0.15) is 6.04 Å². The highest BCUT2D eigenvalue weighted by atomic mass is 35.5. The first-order chi connectivity index (χ1) is 14.3. The molecule has 0 aliphatic carbocycles. The Morgan fingerprint density at radius 1 is 1.03 bits per heavy atom. The molecule has 0 heterocycles. The highest BCUT2D eigenvalue weighted by Crippen LogP contribution is 2.22. The first-order valence-corrected chi connectivity index (χ1v) is 11.7. The molecule has 0 spiro atoms. The zero-order valence-electron chi connectivity index (χ0n) is 17.5. The summed E-state index contributed by atoms with van der Waals surface area (Å²) in [5.41, 5.74) is 0.899. The van der Waals surface area contributed by atoms with Crippen LogP contribution in [-0.4, -0.2) is 34.6 Å². The number of hydrogen-bond donors (Lipinski definition) is 1. The van der Waals surface area contributed by atoms with Crippen molar-refractivity contribution in [3.8, 4) is 0 Å². The molecule has 4 nitrogen and oxygen atoms in total. The van der Waals surface area contributed by atoms with Crippen molar-refractivity contribution < 1.29 is 9.59 Å². The number of rotatable bonds is 10. The lowest BCUT2D eigenvalue weighted by atomic mass is 10.1. The molecule has 7 heteroatoms. The molecule has 0 aromatic heterocycles. The minimum Gasteiger partial charge on any atom is -0.352 e. The van der Waals surface area contributed by atoms with Gasteiger partial charge < -0.3 is 10.2 Å². The molecule has 0 radical (unpaired) electrons. The monoisotopic (exact) mass is 466 g/mol. The van der Waals surface area contributed by atoms with Crippen molar-refractivity contribution >= 4 is 46.8 Å². The van der Waals surface area contributed by atoms with E-state index in [1.807, 2.05) is 56.3 Å². The van der Waals surface area contributed by atoms with Crippen molar-refractivity contribution in [3.05, 3.63) is 64.1 Å². The maximum absolute atomic E-state index is 13.0. The van der Waals surface area contributed by atoms with Crippen molar-refractivity contribution in [3.63, 3.8) is 0 Å². The minimum absolute atomic E-state index is 0.0128. The molecular weight excluding hydrogens is 439 g/mol. The van der Waals surface area contributed by atoms with E-state index in [9.17, 15) is 9.59 Å². The van der Waals surface area contributed by atoms with Crippen molar-refractivity contribution in [2.24, 2.45) is 0 Å². The first-order valence-electron chi connectivity index (χ1n) is 9.99. The van der Waals surface area contributed by atoms with Crippen LogP contribution in [0.2, 0.25) is 10.0 Å². The second-order valence-corrected chi connectivity index (χ2v) is 9.44. The Balaban J connectivity index is 1.99. The van der Waals surface area contributed by atoms with Crippen LogP contribution < -0.4 is 5.32 Å². The van der Waals surface area contributed by atoms with E-state index >= 15 is 0 Å². The molecular formula is C23H28Cl2N2O2S. The molecule has 2 aromatic rings. The van der Waals surface area contributed by atoms with E-state index in [1.165, 1.54) is 0 Å². The third kappa shape index (κ3) is 8.21. The minimum atomic E-state index is -0.567. The molecule has 30 heavy (non-hydrogen) atoms. The fourth-order valence-corrected chi connectivity index (χ4v) is 4.10. The molecule has 1 N–H and O–H groups in total. The molecule has 1 atom stereocenters. The molecule has 2 amide bonds. The lowest BCUT2D eigenvalue weighted by Gasteiger charge is -2.29.